The van der Waals surface area contributed by atoms with E-state index in [1.54, 1.807) is 6.92 Å². The van der Waals surface area contributed by atoms with E-state index in [0.717, 1.165) is 23.0 Å². The third-order valence-corrected chi connectivity index (χ3v) is 5.00. The Morgan fingerprint density at radius 3 is 2.68 bits per heavy atom. The first-order valence-corrected chi connectivity index (χ1v) is 9.35. The lowest BCUT2D eigenvalue weighted by molar-refractivity contribution is -0.380. The van der Waals surface area contributed by atoms with Gasteiger partial charge >= 0.3 is 11.0 Å². The number of ether oxygens (including phenoxy) is 1. The molecule has 0 bridgehead atoms. The summed E-state index contributed by atoms with van der Waals surface area (Å²) in [7, 11) is 0. The number of amides is 1. The van der Waals surface area contributed by atoms with Gasteiger partial charge < -0.3 is 10.1 Å². The van der Waals surface area contributed by atoms with Crippen molar-refractivity contribution in [3.63, 3.8) is 0 Å². The molecule has 1 heterocycles. The zero-order chi connectivity index (χ0) is 18.2. The van der Waals surface area contributed by atoms with Gasteiger partial charge in [-0.05, 0) is 23.8 Å². The highest BCUT2D eigenvalue weighted by atomic mass is 32.2. The van der Waals surface area contributed by atoms with E-state index in [1.807, 2.05) is 30.3 Å². The Labute approximate surface area is 152 Å². The summed E-state index contributed by atoms with van der Waals surface area (Å²) in [5, 5.41) is 13.4. The normalized spacial score (nSPS) is 10.3. The van der Waals surface area contributed by atoms with Crippen LogP contribution in [0.4, 0.5) is 10.0 Å². The topological polar surface area (TPSA) is 98.5 Å². The lowest BCUT2D eigenvalue weighted by Crippen LogP contribution is -2.16. The minimum absolute atomic E-state index is 0.0000376. The molecule has 1 amide bonds. The molecule has 0 fully saturated rings. The molecule has 1 aromatic carbocycles. The van der Waals surface area contributed by atoms with Gasteiger partial charge in [-0.25, -0.2) is 4.79 Å². The van der Waals surface area contributed by atoms with E-state index < -0.39 is 10.9 Å². The number of benzene rings is 1. The molecule has 0 spiro atoms. The predicted octanol–water partition coefficient (Wildman–Crippen LogP) is 3.70. The van der Waals surface area contributed by atoms with Gasteiger partial charge in [0.05, 0.1) is 17.3 Å². The lowest BCUT2D eigenvalue weighted by Gasteiger charge is -2.05. The fourth-order valence-corrected chi connectivity index (χ4v) is 3.59. The summed E-state index contributed by atoms with van der Waals surface area (Å²) in [4.78, 5) is 34.3. The third-order valence-electron chi connectivity index (χ3n) is 2.99. The molecule has 0 saturated heterocycles. The Morgan fingerprint density at radius 2 is 2.04 bits per heavy atom. The van der Waals surface area contributed by atoms with Crippen LogP contribution in [0.5, 0.6) is 0 Å². The van der Waals surface area contributed by atoms with Gasteiger partial charge in [0.1, 0.15) is 10.6 Å². The molecule has 9 heteroatoms. The molecule has 0 aliphatic rings. The van der Waals surface area contributed by atoms with Crippen molar-refractivity contribution >= 4 is 45.0 Å². The Kier molecular flexibility index (Phi) is 6.96. The second-order valence-corrected chi connectivity index (χ2v) is 6.85. The van der Waals surface area contributed by atoms with Crippen LogP contribution >= 0.6 is 23.1 Å². The summed E-state index contributed by atoms with van der Waals surface area (Å²) in [6, 6.07) is 10.8. The van der Waals surface area contributed by atoms with Crippen molar-refractivity contribution in [2.24, 2.45) is 0 Å². The van der Waals surface area contributed by atoms with Crippen LogP contribution in [-0.4, -0.2) is 29.2 Å². The number of carbonyl (C=O) groups excluding carboxylic acids is 2. The summed E-state index contributed by atoms with van der Waals surface area (Å²) in [5.74, 6) is -0.186. The van der Waals surface area contributed by atoms with Gasteiger partial charge in [-0.1, -0.05) is 30.3 Å². The van der Waals surface area contributed by atoms with Gasteiger partial charge in [0.2, 0.25) is 5.91 Å². The van der Waals surface area contributed by atoms with Crippen LogP contribution in [0.15, 0.2) is 36.4 Å². The van der Waals surface area contributed by atoms with Crippen molar-refractivity contribution in [1.29, 1.82) is 0 Å². The maximum Gasteiger partial charge on any atom is 0.341 e. The summed E-state index contributed by atoms with van der Waals surface area (Å²) < 4.78 is 4.87. The highest BCUT2D eigenvalue weighted by molar-refractivity contribution is 7.99. The summed E-state index contributed by atoms with van der Waals surface area (Å²) in [6.07, 6.45) is 0. The van der Waals surface area contributed by atoms with E-state index in [0.29, 0.717) is 5.75 Å². The van der Waals surface area contributed by atoms with E-state index in [-0.39, 0.29) is 33.8 Å². The highest BCUT2D eigenvalue weighted by Crippen LogP contribution is 2.34. The van der Waals surface area contributed by atoms with Crippen molar-refractivity contribution in [2.75, 3.05) is 17.7 Å². The number of hydrogen-bond donors (Lipinski definition) is 1. The van der Waals surface area contributed by atoms with Crippen LogP contribution in [0.2, 0.25) is 0 Å². The maximum absolute atomic E-state index is 12.1. The Bertz CT molecular complexity index is 761. The standard InChI is InChI=1S/C16H16N2O5S2/c1-2-23-16(20)12-8-14(18(21)22)25-15(12)17-13(19)10-24-9-11-6-4-3-5-7-11/h3-8H,2,9-10H2,1H3,(H,17,19). The molecule has 0 aliphatic carbocycles. The van der Waals surface area contributed by atoms with Gasteiger partial charge in [0, 0.05) is 11.8 Å². The second-order valence-electron chi connectivity index (χ2n) is 4.83. The molecule has 2 rings (SSSR count). The molecule has 1 aromatic heterocycles. The Morgan fingerprint density at radius 1 is 1.32 bits per heavy atom. The zero-order valence-electron chi connectivity index (χ0n) is 13.4. The quantitative estimate of drug-likeness (QED) is 0.426. The van der Waals surface area contributed by atoms with Crippen LogP contribution in [0, 0.1) is 10.1 Å². The van der Waals surface area contributed by atoms with E-state index in [2.05, 4.69) is 5.32 Å². The fourth-order valence-electron chi connectivity index (χ4n) is 1.92. The summed E-state index contributed by atoms with van der Waals surface area (Å²) >= 11 is 2.15. The molecule has 0 aliphatic heterocycles. The molecule has 0 atom stereocenters. The number of esters is 1. The number of anilines is 1. The molecule has 2 aromatic rings. The number of nitrogens with zero attached hydrogens (tertiary/aromatic N) is 1. The smallest absolute Gasteiger partial charge is 0.341 e. The number of nitrogens with one attached hydrogen (secondary N) is 1. The van der Waals surface area contributed by atoms with Crippen LogP contribution in [0.1, 0.15) is 22.8 Å². The number of rotatable bonds is 8. The first-order valence-electron chi connectivity index (χ1n) is 7.38. The molecule has 1 N–H and O–H groups in total. The average molecular weight is 380 g/mol. The first kappa shape index (κ1) is 18.9. The monoisotopic (exact) mass is 380 g/mol. The second kappa shape index (κ2) is 9.19. The summed E-state index contributed by atoms with van der Waals surface area (Å²) in [6.45, 7) is 1.78. The molecule has 0 unspecified atom stereocenters. The predicted molar refractivity (Wildman–Crippen MR) is 98.2 cm³/mol. The van der Waals surface area contributed by atoms with E-state index >= 15 is 0 Å². The molecular formula is C16H16N2O5S2. The zero-order valence-corrected chi connectivity index (χ0v) is 15.0. The van der Waals surface area contributed by atoms with Crippen LogP contribution < -0.4 is 5.32 Å². The maximum atomic E-state index is 12.1. The summed E-state index contributed by atoms with van der Waals surface area (Å²) in [5.41, 5.74) is 1.10. The SMILES string of the molecule is CCOC(=O)c1cc([N+](=O)[O-])sc1NC(=O)CSCc1ccccc1. The molecule has 25 heavy (non-hydrogen) atoms. The number of hydrogen-bond acceptors (Lipinski definition) is 7. The minimum atomic E-state index is -0.695. The van der Waals surface area contributed by atoms with Gasteiger partial charge in [-0.3, -0.25) is 14.9 Å². The minimum Gasteiger partial charge on any atom is -0.462 e. The van der Waals surface area contributed by atoms with Crippen molar-refractivity contribution in [3.05, 3.63) is 57.6 Å². The average Bonchev–Trinajstić information content (AvgIpc) is 3.00. The fraction of sp³-hybridized carbons (Fsp3) is 0.250. The van der Waals surface area contributed by atoms with Crippen molar-refractivity contribution in [1.82, 2.24) is 0 Å². The molecule has 7 nitrogen and oxygen atoms in total. The largest absolute Gasteiger partial charge is 0.462 e. The number of nitro groups is 1. The first-order chi connectivity index (χ1) is 12.0. The van der Waals surface area contributed by atoms with E-state index in [9.17, 15) is 19.7 Å². The van der Waals surface area contributed by atoms with Gasteiger partial charge in [0.15, 0.2) is 0 Å². The van der Waals surface area contributed by atoms with Crippen molar-refractivity contribution in [3.8, 4) is 0 Å². The third kappa shape index (κ3) is 5.57. The molecule has 132 valence electrons. The molecular weight excluding hydrogens is 364 g/mol. The molecule has 0 radical (unpaired) electrons. The van der Waals surface area contributed by atoms with Gasteiger partial charge in [-0.2, -0.15) is 0 Å². The van der Waals surface area contributed by atoms with Gasteiger partial charge in [0.25, 0.3) is 0 Å². The molecule has 0 saturated carbocycles. The van der Waals surface area contributed by atoms with Crippen molar-refractivity contribution < 1.29 is 19.2 Å². The van der Waals surface area contributed by atoms with E-state index in [1.165, 1.54) is 11.8 Å². The highest BCUT2D eigenvalue weighted by Gasteiger charge is 2.23. The Balaban J connectivity index is 1.98. The van der Waals surface area contributed by atoms with Crippen LogP contribution in [-0.2, 0) is 15.3 Å². The van der Waals surface area contributed by atoms with E-state index in [4.69, 9.17) is 4.74 Å². The number of carbonyl (C=O) groups is 2. The number of thiophene rings is 1. The van der Waals surface area contributed by atoms with Crippen LogP contribution in [0.25, 0.3) is 0 Å². The number of thioether (sulfide) groups is 1. The lowest BCUT2D eigenvalue weighted by atomic mass is 10.2. The Hall–Kier alpha value is -2.39. The van der Waals surface area contributed by atoms with Gasteiger partial charge in [-0.15, -0.1) is 11.8 Å². The van der Waals surface area contributed by atoms with Crippen LogP contribution in [0.3, 0.4) is 0 Å². The van der Waals surface area contributed by atoms with Crippen molar-refractivity contribution in [2.45, 2.75) is 12.7 Å².